The van der Waals surface area contributed by atoms with Gasteiger partial charge in [0.1, 0.15) is 11.6 Å². The summed E-state index contributed by atoms with van der Waals surface area (Å²) in [6.45, 7) is 12.3. The minimum Gasteiger partial charge on any atom is -0.394 e. The van der Waals surface area contributed by atoms with Crippen molar-refractivity contribution in [1.82, 2.24) is 15.5 Å². The molecule has 1 spiro atoms. The maximum absolute atomic E-state index is 14.1. The van der Waals surface area contributed by atoms with E-state index in [9.17, 15) is 19.5 Å². The summed E-state index contributed by atoms with van der Waals surface area (Å²) < 4.78 is 6.75. The molecule has 3 amide bonds. The molecule has 3 rings (SSSR count). The average Bonchev–Trinajstić information content (AvgIpc) is 3.42. The Morgan fingerprint density at radius 1 is 1.15 bits per heavy atom. The number of nitrogens with zero attached hydrogens (tertiary/aromatic N) is 1. The van der Waals surface area contributed by atoms with Crippen molar-refractivity contribution in [3.8, 4) is 0 Å². The van der Waals surface area contributed by atoms with Crippen molar-refractivity contribution >= 4 is 17.7 Å². The van der Waals surface area contributed by atoms with Crippen LogP contribution in [0, 0.1) is 17.8 Å². The summed E-state index contributed by atoms with van der Waals surface area (Å²) in [6.07, 6.45) is 5.14. The van der Waals surface area contributed by atoms with E-state index in [1.165, 1.54) is 0 Å². The van der Waals surface area contributed by atoms with E-state index in [1.807, 2.05) is 34.6 Å². The highest BCUT2D eigenvalue weighted by Gasteiger charge is 2.79. The fraction of sp³-hybridized carbons (Fsp3) is 0.885. The highest BCUT2D eigenvalue weighted by Crippen LogP contribution is 2.64. The zero-order valence-electron chi connectivity index (χ0n) is 21.9. The highest BCUT2D eigenvalue weighted by molar-refractivity contribution is 5.99. The maximum Gasteiger partial charge on any atom is 0.246 e. The number of aliphatic hydroxyl groups excluding tert-OH is 1. The first-order chi connectivity index (χ1) is 16.2. The number of ether oxygens (including phenoxy) is 1. The third-order valence-corrected chi connectivity index (χ3v) is 8.65. The first-order valence-corrected chi connectivity index (χ1v) is 13.4. The van der Waals surface area contributed by atoms with Gasteiger partial charge in [0.2, 0.25) is 17.7 Å². The third-order valence-electron chi connectivity index (χ3n) is 8.65. The van der Waals surface area contributed by atoms with Crippen LogP contribution < -0.4 is 10.6 Å². The molecule has 2 bridgehead atoms. The summed E-state index contributed by atoms with van der Waals surface area (Å²) >= 11 is 0. The van der Waals surface area contributed by atoms with Gasteiger partial charge in [-0.1, -0.05) is 47.5 Å². The SMILES string of the molecule is CCCNC(=O)[C@H]1[C@H]2C(=O)N([C@@H](CO)[C@@H](C)CC)C(C(=O)NC(C)CCC)C23CC[C@]1(CC)O3. The largest absolute Gasteiger partial charge is 0.394 e. The Hall–Kier alpha value is -1.67. The lowest BCUT2D eigenvalue weighted by atomic mass is 9.65. The van der Waals surface area contributed by atoms with Crippen molar-refractivity contribution in [3.63, 3.8) is 0 Å². The van der Waals surface area contributed by atoms with Crippen molar-refractivity contribution in [2.45, 2.75) is 116 Å². The summed E-state index contributed by atoms with van der Waals surface area (Å²) in [5.41, 5.74) is -1.78. The van der Waals surface area contributed by atoms with Gasteiger partial charge in [-0.25, -0.2) is 0 Å². The van der Waals surface area contributed by atoms with E-state index in [0.717, 1.165) is 25.7 Å². The lowest BCUT2D eigenvalue weighted by molar-refractivity contribution is -0.152. The number of nitrogens with one attached hydrogen (secondary N) is 2. The van der Waals surface area contributed by atoms with E-state index in [-0.39, 0.29) is 36.3 Å². The van der Waals surface area contributed by atoms with E-state index in [0.29, 0.717) is 25.8 Å². The first kappa shape index (κ1) is 26.9. The number of amides is 3. The van der Waals surface area contributed by atoms with E-state index in [4.69, 9.17) is 4.74 Å². The van der Waals surface area contributed by atoms with Crippen LogP contribution in [-0.2, 0) is 19.1 Å². The van der Waals surface area contributed by atoms with Crippen LogP contribution in [0.15, 0.2) is 0 Å². The molecular weight excluding hydrogens is 434 g/mol. The molecule has 3 fully saturated rings. The minimum absolute atomic E-state index is 0.00255. The Morgan fingerprint density at radius 3 is 2.41 bits per heavy atom. The monoisotopic (exact) mass is 479 g/mol. The third kappa shape index (κ3) is 4.15. The van der Waals surface area contributed by atoms with Gasteiger partial charge in [-0.3, -0.25) is 14.4 Å². The van der Waals surface area contributed by atoms with Gasteiger partial charge in [-0.2, -0.15) is 0 Å². The summed E-state index contributed by atoms with van der Waals surface area (Å²) in [5, 5.41) is 16.5. The Morgan fingerprint density at radius 2 is 1.85 bits per heavy atom. The molecule has 8 atom stereocenters. The molecule has 0 aromatic heterocycles. The molecular formula is C26H45N3O5. The molecule has 194 valence electrons. The Balaban J connectivity index is 2.09. The summed E-state index contributed by atoms with van der Waals surface area (Å²) in [7, 11) is 0. The van der Waals surface area contributed by atoms with Crippen LogP contribution in [0.3, 0.4) is 0 Å². The fourth-order valence-corrected chi connectivity index (χ4v) is 6.71. The lowest BCUT2D eigenvalue weighted by Crippen LogP contribution is -2.60. The molecule has 0 saturated carbocycles. The number of carbonyl (C=O) groups excluding carboxylic acids is 3. The number of carbonyl (C=O) groups is 3. The zero-order chi connectivity index (χ0) is 25.3. The predicted octanol–water partition coefficient (Wildman–Crippen LogP) is 2.38. The number of likely N-dealkylation sites (tertiary alicyclic amines) is 1. The van der Waals surface area contributed by atoms with Crippen LogP contribution in [0.5, 0.6) is 0 Å². The van der Waals surface area contributed by atoms with E-state index in [1.54, 1.807) is 4.90 Å². The van der Waals surface area contributed by atoms with Gasteiger partial charge in [0, 0.05) is 12.6 Å². The quantitative estimate of drug-likeness (QED) is 0.398. The van der Waals surface area contributed by atoms with Crippen molar-refractivity contribution in [2.24, 2.45) is 17.8 Å². The molecule has 3 unspecified atom stereocenters. The highest BCUT2D eigenvalue weighted by atomic mass is 16.5. The molecule has 8 nitrogen and oxygen atoms in total. The number of hydrogen-bond donors (Lipinski definition) is 3. The van der Waals surface area contributed by atoms with Crippen LogP contribution in [-0.4, -0.2) is 70.2 Å². The number of hydrogen-bond acceptors (Lipinski definition) is 5. The average molecular weight is 480 g/mol. The Bertz CT molecular complexity index is 776. The van der Waals surface area contributed by atoms with Crippen LogP contribution in [0.2, 0.25) is 0 Å². The normalized spacial score (nSPS) is 34.6. The van der Waals surface area contributed by atoms with Crippen molar-refractivity contribution < 1.29 is 24.2 Å². The van der Waals surface area contributed by atoms with Gasteiger partial charge >= 0.3 is 0 Å². The topological polar surface area (TPSA) is 108 Å². The van der Waals surface area contributed by atoms with Gasteiger partial charge in [0.05, 0.1) is 30.1 Å². The molecule has 3 N–H and O–H groups in total. The van der Waals surface area contributed by atoms with Crippen LogP contribution in [0.1, 0.15) is 86.5 Å². The van der Waals surface area contributed by atoms with Gasteiger partial charge in [0.25, 0.3) is 0 Å². The second kappa shape index (κ2) is 10.5. The van der Waals surface area contributed by atoms with Gasteiger partial charge in [-0.05, 0) is 44.9 Å². The molecule has 0 aliphatic carbocycles. The molecule has 0 aromatic rings. The van der Waals surface area contributed by atoms with Gasteiger partial charge in [-0.15, -0.1) is 0 Å². The molecule has 8 heteroatoms. The van der Waals surface area contributed by atoms with E-state index in [2.05, 4.69) is 17.6 Å². The second-order valence-electron chi connectivity index (χ2n) is 10.7. The molecule has 3 heterocycles. The molecule has 34 heavy (non-hydrogen) atoms. The van der Waals surface area contributed by atoms with Crippen molar-refractivity contribution in [2.75, 3.05) is 13.2 Å². The number of fused-ring (bicyclic) bond motifs is 1. The summed E-state index contributed by atoms with van der Waals surface area (Å²) in [5.74, 6) is -1.97. The molecule has 3 aliphatic rings. The first-order valence-electron chi connectivity index (χ1n) is 13.4. The Kier molecular flexibility index (Phi) is 8.33. The summed E-state index contributed by atoms with van der Waals surface area (Å²) in [4.78, 5) is 43.0. The lowest BCUT2D eigenvalue weighted by Gasteiger charge is -2.39. The predicted molar refractivity (Wildman–Crippen MR) is 130 cm³/mol. The summed E-state index contributed by atoms with van der Waals surface area (Å²) in [6, 6.07) is -1.40. The standard InChI is InChI=1S/C26H45N3O5/c1-7-11-17(6)28-23(32)21-26-13-12-25(10-4,34-26)19(22(31)27-14-8-2)20(26)24(33)29(21)18(15-30)16(5)9-3/h16-21,30H,7-15H2,1-6H3,(H,27,31)(H,28,32)/t16-,17?,18-,19+,20-,21?,25-,26?/m0/s1. The van der Waals surface area contributed by atoms with Gasteiger partial charge in [0.15, 0.2) is 0 Å². The van der Waals surface area contributed by atoms with Gasteiger partial charge < -0.3 is 25.4 Å². The fourth-order valence-electron chi connectivity index (χ4n) is 6.71. The van der Waals surface area contributed by atoms with Crippen LogP contribution in [0.25, 0.3) is 0 Å². The van der Waals surface area contributed by atoms with Crippen molar-refractivity contribution in [3.05, 3.63) is 0 Å². The number of aliphatic hydroxyl groups is 1. The number of rotatable bonds is 12. The van der Waals surface area contributed by atoms with Crippen molar-refractivity contribution in [1.29, 1.82) is 0 Å². The molecule has 0 aromatic carbocycles. The molecule has 0 radical (unpaired) electrons. The molecule has 3 saturated heterocycles. The Labute approximate surface area is 204 Å². The zero-order valence-corrected chi connectivity index (χ0v) is 21.9. The van der Waals surface area contributed by atoms with Crippen LogP contribution >= 0.6 is 0 Å². The van der Waals surface area contributed by atoms with E-state index >= 15 is 0 Å². The maximum atomic E-state index is 14.1. The second-order valence-corrected chi connectivity index (χ2v) is 10.7. The minimum atomic E-state index is -1.04. The van der Waals surface area contributed by atoms with Crippen LogP contribution in [0.4, 0.5) is 0 Å². The van der Waals surface area contributed by atoms with E-state index < -0.39 is 35.1 Å². The molecule has 3 aliphatic heterocycles. The smallest absolute Gasteiger partial charge is 0.246 e.